The van der Waals surface area contributed by atoms with Gasteiger partial charge < -0.3 is 19.4 Å². The van der Waals surface area contributed by atoms with E-state index in [-0.39, 0.29) is 0 Å². The molecule has 1 unspecified atom stereocenters. The number of carbonyl (C=O) groups is 1. The van der Waals surface area contributed by atoms with Gasteiger partial charge >= 0.3 is 5.97 Å². The zero-order valence-corrected chi connectivity index (χ0v) is 9.65. The van der Waals surface area contributed by atoms with Gasteiger partial charge in [0.05, 0.1) is 27.7 Å². The van der Waals surface area contributed by atoms with E-state index in [9.17, 15) is 4.79 Å². The van der Waals surface area contributed by atoms with E-state index >= 15 is 0 Å². The first-order valence-corrected chi connectivity index (χ1v) is 4.41. The van der Waals surface area contributed by atoms with E-state index in [1.807, 2.05) is 0 Å². The maximum Gasteiger partial charge on any atom is 0.332 e. The zero-order chi connectivity index (χ0) is 11.8. The summed E-state index contributed by atoms with van der Waals surface area (Å²) in [5.74, 6) is -1.19. The Hall–Kier alpha value is -0.650. The minimum absolute atomic E-state index is 0.851. The highest BCUT2D eigenvalue weighted by atomic mass is 16.5. The highest BCUT2D eigenvalue weighted by Gasteiger charge is 2.03. The van der Waals surface area contributed by atoms with Crippen molar-refractivity contribution in [1.29, 1.82) is 0 Å². The standard InChI is InChI=1S/C6H16NO.C3H6O3/c1-7(2,3)5-6-8-4;1-2(4)3(5)6/h5-6H2,1-4H3;2,4H,1H3,(H,5,6)/q+1;. The summed E-state index contributed by atoms with van der Waals surface area (Å²) in [6, 6.07) is 0. The third-order valence-corrected chi connectivity index (χ3v) is 1.32. The van der Waals surface area contributed by atoms with Crippen molar-refractivity contribution in [3.05, 3.63) is 0 Å². The van der Waals surface area contributed by atoms with Crippen LogP contribution in [0.2, 0.25) is 0 Å². The van der Waals surface area contributed by atoms with E-state index in [1.165, 1.54) is 6.92 Å². The van der Waals surface area contributed by atoms with Gasteiger partial charge in [0.25, 0.3) is 0 Å². The molecule has 0 rings (SSSR count). The van der Waals surface area contributed by atoms with Crippen LogP contribution < -0.4 is 0 Å². The molecule has 0 aliphatic rings. The summed E-state index contributed by atoms with van der Waals surface area (Å²) in [6.07, 6.45) is -1.23. The van der Waals surface area contributed by atoms with Crippen LogP contribution in [0.5, 0.6) is 0 Å². The molecule has 0 spiro atoms. The van der Waals surface area contributed by atoms with E-state index < -0.39 is 12.1 Å². The van der Waals surface area contributed by atoms with Crippen molar-refractivity contribution in [3.8, 4) is 0 Å². The lowest BCUT2D eigenvalue weighted by Crippen LogP contribution is -2.37. The zero-order valence-electron chi connectivity index (χ0n) is 9.65. The molecule has 86 valence electrons. The molecule has 0 bridgehead atoms. The lowest BCUT2D eigenvalue weighted by atomic mass is 10.4. The SMILES string of the molecule is CC(O)C(=O)O.COCC[N+](C)(C)C. The van der Waals surface area contributed by atoms with E-state index in [1.54, 1.807) is 7.11 Å². The number of rotatable bonds is 4. The number of nitrogens with zero attached hydrogens (tertiary/aromatic N) is 1. The van der Waals surface area contributed by atoms with E-state index in [0.717, 1.165) is 17.6 Å². The maximum absolute atomic E-state index is 9.45. The van der Waals surface area contributed by atoms with Gasteiger partial charge in [0.15, 0.2) is 0 Å². The molecule has 2 N–H and O–H groups in total. The number of methoxy groups -OCH3 is 1. The minimum atomic E-state index is -1.23. The smallest absolute Gasteiger partial charge is 0.332 e. The number of quaternary nitrogens is 1. The molecule has 5 nitrogen and oxygen atoms in total. The van der Waals surface area contributed by atoms with Crippen LogP contribution in [0.4, 0.5) is 0 Å². The molecule has 0 aromatic carbocycles. The lowest BCUT2D eigenvalue weighted by Gasteiger charge is -2.22. The third-order valence-electron chi connectivity index (χ3n) is 1.32. The van der Waals surface area contributed by atoms with Crippen LogP contribution in [-0.2, 0) is 9.53 Å². The summed E-state index contributed by atoms with van der Waals surface area (Å²) in [5, 5.41) is 15.8. The number of aliphatic carboxylic acids is 1. The van der Waals surface area contributed by atoms with Crippen molar-refractivity contribution in [3.63, 3.8) is 0 Å². The second-order valence-electron chi connectivity index (χ2n) is 4.02. The largest absolute Gasteiger partial charge is 0.479 e. The van der Waals surface area contributed by atoms with Crippen LogP contribution in [0.1, 0.15) is 6.92 Å². The maximum atomic E-state index is 9.45. The average Bonchev–Trinajstić information content (AvgIpc) is 2.00. The first-order valence-electron chi connectivity index (χ1n) is 4.41. The van der Waals surface area contributed by atoms with Gasteiger partial charge in [-0.25, -0.2) is 4.79 Å². The van der Waals surface area contributed by atoms with Crippen LogP contribution in [-0.4, -0.2) is 68.2 Å². The van der Waals surface area contributed by atoms with Crippen molar-refractivity contribution < 1.29 is 24.2 Å². The predicted octanol–water partition coefficient (Wildman–Crippen LogP) is -0.209. The fourth-order valence-electron chi connectivity index (χ4n) is 0.365. The number of hydrogen-bond donors (Lipinski definition) is 2. The Balaban J connectivity index is 0. The van der Waals surface area contributed by atoms with Crippen LogP contribution >= 0.6 is 0 Å². The van der Waals surface area contributed by atoms with Gasteiger partial charge in [0, 0.05) is 7.11 Å². The predicted molar refractivity (Wildman–Crippen MR) is 54.1 cm³/mol. The second kappa shape index (κ2) is 7.73. The van der Waals surface area contributed by atoms with Gasteiger partial charge in [-0.1, -0.05) is 0 Å². The quantitative estimate of drug-likeness (QED) is 0.627. The second-order valence-corrected chi connectivity index (χ2v) is 4.02. The number of likely N-dealkylation sites (N-methyl/N-ethyl adjacent to an activating group) is 1. The number of carboxylic acid groups (broad SMARTS) is 1. The van der Waals surface area contributed by atoms with Gasteiger partial charge in [-0.05, 0) is 6.92 Å². The molecule has 0 saturated carbocycles. The Morgan fingerprint density at radius 3 is 1.86 bits per heavy atom. The minimum Gasteiger partial charge on any atom is -0.479 e. The van der Waals surface area contributed by atoms with Crippen molar-refractivity contribution in [2.24, 2.45) is 0 Å². The van der Waals surface area contributed by atoms with Gasteiger partial charge in [0.1, 0.15) is 12.6 Å². The normalized spacial score (nSPS) is 12.7. The topological polar surface area (TPSA) is 66.8 Å². The molecule has 14 heavy (non-hydrogen) atoms. The van der Waals surface area contributed by atoms with Crippen LogP contribution in [0.3, 0.4) is 0 Å². The first kappa shape index (κ1) is 15.8. The Bertz CT molecular complexity index is 151. The molecular formula is C9H22NO4+. The monoisotopic (exact) mass is 208 g/mol. The summed E-state index contributed by atoms with van der Waals surface area (Å²) in [6.45, 7) is 3.13. The molecule has 0 fully saturated rings. The highest BCUT2D eigenvalue weighted by molar-refractivity contribution is 5.71. The van der Waals surface area contributed by atoms with E-state index in [2.05, 4.69) is 21.1 Å². The molecule has 5 heteroatoms. The van der Waals surface area contributed by atoms with Gasteiger partial charge in [-0.2, -0.15) is 0 Å². The Kier molecular flexibility index (Phi) is 8.72. The Labute approximate surface area is 85.5 Å². The molecule has 0 radical (unpaired) electrons. The first-order chi connectivity index (χ1) is 6.20. The molecule has 1 atom stereocenters. The number of aliphatic hydroxyl groups excluding tert-OH is 1. The van der Waals surface area contributed by atoms with Gasteiger partial charge in [-0.15, -0.1) is 0 Å². The van der Waals surface area contributed by atoms with Crippen LogP contribution in [0, 0.1) is 0 Å². The van der Waals surface area contributed by atoms with E-state index in [4.69, 9.17) is 14.9 Å². The number of carboxylic acids is 1. The van der Waals surface area contributed by atoms with Crippen LogP contribution in [0.15, 0.2) is 0 Å². The molecule has 0 saturated heterocycles. The number of ether oxygens (including phenoxy) is 1. The summed E-state index contributed by atoms with van der Waals surface area (Å²) in [7, 11) is 8.19. The molecule has 0 amide bonds. The molecule has 0 aromatic heterocycles. The molecular weight excluding hydrogens is 186 g/mol. The van der Waals surface area contributed by atoms with Crippen molar-refractivity contribution in [2.75, 3.05) is 41.4 Å². The summed E-state index contributed by atoms with van der Waals surface area (Å²) in [5.41, 5.74) is 0. The van der Waals surface area contributed by atoms with Crippen LogP contribution in [0.25, 0.3) is 0 Å². The van der Waals surface area contributed by atoms with Crippen molar-refractivity contribution >= 4 is 5.97 Å². The molecule has 0 aliphatic heterocycles. The summed E-state index contributed by atoms with van der Waals surface area (Å²) < 4.78 is 5.88. The fraction of sp³-hybridized carbons (Fsp3) is 0.889. The lowest BCUT2D eigenvalue weighted by molar-refractivity contribution is -0.870. The highest BCUT2D eigenvalue weighted by Crippen LogP contribution is 1.87. The number of aliphatic hydroxyl groups is 1. The van der Waals surface area contributed by atoms with Crippen molar-refractivity contribution in [1.82, 2.24) is 0 Å². The van der Waals surface area contributed by atoms with E-state index in [0.29, 0.717) is 0 Å². The Morgan fingerprint density at radius 1 is 1.43 bits per heavy atom. The summed E-state index contributed by atoms with van der Waals surface area (Å²) >= 11 is 0. The molecule has 0 aromatic rings. The van der Waals surface area contributed by atoms with Gasteiger partial charge in [0.2, 0.25) is 0 Å². The summed E-state index contributed by atoms with van der Waals surface area (Å²) in [4.78, 5) is 9.45. The Morgan fingerprint density at radius 2 is 1.79 bits per heavy atom. The third kappa shape index (κ3) is 17.4. The van der Waals surface area contributed by atoms with Crippen molar-refractivity contribution in [2.45, 2.75) is 13.0 Å². The molecule has 0 heterocycles. The number of hydrogen-bond acceptors (Lipinski definition) is 3. The van der Waals surface area contributed by atoms with Gasteiger partial charge in [-0.3, -0.25) is 0 Å². The fourth-order valence-corrected chi connectivity index (χ4v) is 0.365. The average molecular weight is 208 g/mol. The molecule has 0 aliphatic carbocycles.